The predicted molar refractivity (Wildman–Crippen MR) is 95.1 cm³/mol. The fourth-order valence-corrected chi connectivity index (χ4v) is 4.80. The first-order valence-electron chi connectivity index (χ1n) is 8.70. The number of hydrogen-bond acceptors (Lipinski definition) is 5. The number of cyclic esters (lactones) is 1. The molecule has 3 rings (SSSR count). The first-order chi connectivity index (χ1) is 12.1. The van der Waals surface area contributed by atoms with E-state index in [0.717, 1.165) is 10.5 Å². The number of carbonyl (C=O) groups is 2. The van der Waals surface area contributed by atoms with E-state index in [4.69, 9.17) is 4.74 Å². The summed E-state index contributed by atoms with van der Waals surface area (Å²) >= 11 is 0. The second-order valence-electron chi connectivity index (χ2n) is 7.73. The molecule has 2 heterocycles. The summed E-state index contributed by atoms with van der Waals surface area (Å²) in [7, 11) is -3.58. The molecular formula is C18H24N2O5S. The summed E-state index contributed by atoms with van der Waals surface area (Å²) in [5.74, 6) is -0.353. The molecule has 26 heavy (non-hydrogen) atoms. The summed E-state index contributed by atoms with van der Waals surface area (Å²) in [6, 6.07) is 6.68. The number of sulfonamides is 1. The van der Waals surface area contributed by atoms with E-state index < -0.39 is 16.1 Å². The van der Waals surface area contributed by atoms with Crippen LogP contribution in [0, 0.1) is 0 Å². The highest BCUT2D eigenvalue weighted by molar-refractivity contribution is 7.89. The van der Waals surface area contributed by atoms with Gasteiger partial charge in [0.25, 0.3) is 5.91 Å². The second kappa shape index (κ2) is 6.66. The summed E-state index contributed by atoms with van der Waals surface area (Å²) < 4.78 is 31.9. The van der Waals surface area contributed by atoms with Crippen molar-refractivity contribution in [3.63, 3.8) is 0 Å². The van der Waals surface area contributed by atoms with Crippen molar-refractivity contribution in [3.8, 4) is 0 Å². The van der Waals surface area contributed by atoms with Gasteiger partial charge in [0.15, 0.2) is 6.61 Å². The van der Waals surface area contributed by atoms with Gasteiger partial charge in [-0.2, -0.15) is 4.31 Å². The highest BCUT2D eigenvalue weighted by Crippen LogP contribution is 2.27. The third-order valence-electron chi connectivity index (χ3n) is 4.93. The van der Waals surface area contributed by atoms with Gasteiger partial charge in [0.2, 0.25) is 10.0 Å². The van der Waals surface area contributed by atoms with Crippen LogP contribution in [0.25, 0.3) is 0 Å². The van der Waals surface area contributed by atoms with E-state index in [1.807, 2.05) is 12.1 Å². The van der Waals surface area contributed by atoms with E-state index in [-0.39, 0.29) is 42.0 Å². The van der Waals surface area contributed by atoms with Crippen LogP contribution < -0.4 is 0 Å². The normalized spacial score (nSPS) is 20.5. The summed E-state index contributed by atoms with van der Waals surface area (Å²) in [4.78, 5) is 24.8. The first kappa shape index (κ1) is 18.8. The van der Waals surface area contributed by atoms with Crippen LogP contribution in [0.1, 0.15) is 39.2 Å². The zero-order valence-corrected chi connectivity index (χ0v) is 16.1. The lowest BCUT2D eigenvalue weighted by Crippen LogP contribution is -2.48. The predicted octanol–water partition coefficient (Wildman–Crippen LogP) is 2.12. The van der Waals surface area contributed by atoms with Crippen molar-refractivity contribution in [2.45, 2.75) is 50.0 Å². The van der Waals surface area contributed by atoms with Gasteiger partial charge < -0.3 is 4.74 Å². The zero-order valence-electron chi connectivity index (χ0n) is 15.3. The van der Waals surface area contributed by atoms with Crippen molar-refractivity contribution in [2.75, 3.05) is 19.7 Å². The van der Waals surface area contributed by atoms with Crippen LogP contribution in [0.3, 0.4) is 0 Å². The summed E-state index contributed by atoms with van der Waals surface area (Å²) in [5.41, 5.74) is 1.03. The molecule has 2 amide bonds. The Morgan fingerprint density at radius 2 is 1.62 bits per heavy atom. The van der Waals surface area contributed by atoms with Gasteiger partial charge in [0, 0.05) is 19.1 Å². The maximum atomic E-state index is 12.9. The van der Waals surface area contributed by atoms with Crippen molar-refractivity contribution >= 4 is 22.0 Å². The molecule has 2 saturated heterocycles. The maximum Gasteiger partial charge on any atom is 0.417 e. The van der Waals surface area contributed by atoms with Crippen LogP contribution in [0.2, 0.25) is 0 Å². The molecule has 7 nitrogen and oxygen atoms in total. The molecule has 0 saturated carbocycles. The molecule has 0 N–H and O–H groups in total. The number of hydrogen-bond donors (Lipinski definition) is 0. The van der Waals surface area contributed by atoms with Gasteiger partial charge in [-0.15, -0.1) is 0 Å². The highest BCUT2D eigenvalue weighted by Gasteiger charge is 2.40. The van der Waals surface area contributed by atoms with E-state index in [1.165, 1.54) is 4.31 Å². The van der Waals surface area contributed by atoms with Gasteiger partial charge in [-0.25, -0.2) is 18.1 Å². The van der Waals surface area contributed by atoms with Crippen LogP contribution in [-0.4, -0.2) is 55.4 Å². The monoisotopic (exact) mass is 380 g/mol. The summed E-state index contributed by atoms with van der Waals surface area (Å²) in [5, 5.41) is 0. The van der Waals surface area contributed by atoms with Crippen LogP contribution in [0.5, 0.6) is 0 Å². The third kappa shape index (κ3) is 3.48. The Bertz CT molecular complexity index is 787. The van der Waals surface area contributed by atoms with Gasteiger partial charge in [-0.1, -0.05) is 32.9 Å². The highest BCUT2D eigenvalue weighted by atomic mass is 32.2. The van der Waals surface area contributed by atoms with Crippen LogP contribution >= 0.6 is 0 Å². The molecule has 8 heteroatoms. The summed E-state index contributed by atoms with van der Waals surface area (Å²) in [6.07, 6.45) is 0.203. The van der Waals surface area contributed by atoms with E-state index in [9.17, 15) is 18.0 Å². The Kier molecular flexibility index (Phi) is 4.83. The number of nitrogens with zero attached hydrogens (tertiary/aromatic N) is 2. The number of rotatable bonds is 3. The molecular weight excluding hydrogens is 356 g/mol. The van der Waals surface area contributed by atoms with E-state index in [1.54, 1.807) is 12.1 Å². The average molecular weight is 380 g/mol. The second-order valence-corrected chi connectivity index (χ2v) is 9.67. The molecule has 0 unspecified atom stereocenters. The average Bonchev–Trinajstić information content (AvgIpc) is 2.93. The molecule has 0 aliphatic carbocycles. The lowest BCUT2D eigenvalue weighted by molar-refractivity contribution is -0.127. The number of amides is 2. The van der Waals surface area contributed by atoms with Gasteiger partial charge in [0.05, 0.1) is 4.90 Å². The fourth-order valence-electron chi connectivity index (χ4n) is 3.33. The molecule has 2 aliphatic rings. The molecule has 1 aromatic rings. The molecule has 0 radical (unpaired) electrons. The molecule has 0 bridgehead atoms. The number of ether oxygens (including phenoxy) is 1. The number of imide groups is 1. The van der Waals surface area contributed by atoms with Gasteiger partial charge >= 0.3 is 6.09 Å². The molecule has 0 spiro atoms. The topological polar surface area (TPSA) is 84.0 Å². The van der Waals surface area contributed by atoms with Crippen LogP contribution in [-0.2, 0) is 25.0 Å². The third-order valence-corrected chi connectivity index (χ3v) is 6.84. The zero-order chi connectivity index (χ0) is 19.1. The first-order valence-corrected chi connectivity index (χ1v) is 10.1. The van der Waals surface area contributed by atoms with Crippen molar-refractivity contribution < 1.29 is 22.7 Å². The Morgan fingerprint density at radius 3 is 2.08 bits per heavy atom. The van der Waals surface area contributed by atoms with Crippen LogP contribution in [0.15, 0.2) is 29.2 Å². The van der Waals surface area contributed by atoms with E-state index in [0.29, 0.717) is 12.8 Å². The number of piperidine rings is 1. The molecule has 2 aliphatic heterocycles. The largest absolute Gasteiger partial charge is 0.439 e. The minimum atomic E-state index is -3.58. The van der Waals surface area contributed by atoms with Crippen LogP contribution in [0.4, 0.5) is 4.79 Å². The van der Waals surface area contributed by atoms with Crippen molar-refractivity contribution in [2.24, 2.45) is 0 Å². The Morgan fingerprint density at radius 1 is 1.04 bits per heavy atom. The SMILES string of the molecule is CC(C)(C)c1ccc(S(=O)(=O)N2CCC(N3C(=O)COC3=O)CC2)cc1. The lowest BCUT2D eigenvalue weighted by atomic mass is 9.87. The van der Waals surface area contributed by atoms with Crippen molar-refractivity contribution in [1.82, 2.24) is 9.21 Å². The Hall–Kier alpha value is -1.93. The van der Waals surface area contributed by atoms with Crippen molar-refractivity contribution in [3.05, 3.63) is 29.8 Å². The standard InChI is InChI=1S/C18H24N2O5S/c1-18(2,3)13-4-6-15(7-5-13)26(23,24)19-10-8-14(9-11-19)20-16(21)12-25-17(20)22/h4-7,14H,8-12H2,1-3H3. The maximum absolute atomic E-state index is 12.9. The number of carbonyl (C=O) groups excluding carboxylic acids is 2. The lowest BCUT2D eigenvalue weighted by Gasteiger charge is -2.34. The number of benzene rings is 1. The van der Waals surface area contributed by atoms with Gasteiger partial charge in [0.1, 0.15) is 0 Å². The molecule has 2 fully saturated rings. The molecule has 1 aromatic carbocycles. The Balaban J connectivity index is 1.70. The van der Waals surface area contributed by atoms with Crippen molar-refractivity contribution in [1.29, 1.82) is 0 Å². The molecule has 0 atom stereocenters. The molecule has 0 aromatic heterocycles. The van der Waals surface area contributed by atoms with Gasteiger partial charge in [-0.3, -0.25) is 4.79 Å². The quantitative estimate of drug-likeness (QED) is 0.802. The summed E-state index contributed by atoms with van der Waals surface area (Å²) in [6.45, 7) is 6.54. The van der Waals surface area contributed by atoms with E-state index in [2.05, 4.69) is 20.8 Å². The minimum Gasteiger partial charge on any atom is -0.439 e. The Labute approximate surface area is 154 Å². The fraction of sp³-hybridized carbons (Fsp3) is 0.556. The van der Waals surface area contributed by atoms with Gasteiger partial charge in [-0.05, 0) is 36.0 Å². The minimum absolute atomic E-state index is 0.0441. The van der Waals surface area contributed by atoms with E-state index >= 15 is 0 Å². The smallest absolute Gasteiger partial charge is 0.417 e. The molecule has 142 valence electrons.